The average molecular weight is 305 g/mol. The molecule has 22 heavy (non-hydrogen) atoms. The van der Waals surface area contributed by atoms with Gasteiger partial charge in [-0.3, -0.25) is 19.7 Å². The van der Waals surface area contributed by atoms with Crippen LogP contribution in [0.4, 0.5) is 11.4 Å². The summed E-state index contributed by atoms with van der Waals surface area (Å²) in [5.74, 6) is -0.120. The smallest absolute Gasteiger partial charge is 0.270 e. The van der Waals surface area contributed by atoms with E-state index in [1.165, 1.54) is 19.1 Å². The molecule has 0 bridgehead atoms. The molecule has 0 spiro atoms. The lowest BCUT2D eigenvalue weighted by molar-refractivity contribution is -0.384. The maximum atomic E-state index is 11.7. The second kappa shape index (κ2) is 6.55. The standard InChI is InChI=1S/C15H19N3O4/c1-3-15(20)17-7-6-11(9-17)16-14-5-4-12(18(21)22)8-13(14)10(2)19/h4-5,8,11,16H,3,6-7,9H2,1-2H3/t11-/m1/s1. The van der Waals surface area contributed by atoms with Crippen LogP contribution in [-0.2, 0) is 4.79 Å². The van der Waals surface area contributed by atoms with Gasteiger partial charge in [0.15, 0.2) is 5.78 Å². The SMILES string of the molecule is CCC(=O)N1CC[C@@H](Nc2ccc([N+](=O)[O-])cc2C(C)=O)C1. The fraction of sp³-hybridized carbons (Fsp3) is 0.467. The molecule has 1 amide bonds. The molecule has 1 heterocycles. The zero-order valence-electron chi connectivity index (χ0n) is 12.7. The van der Waals surface area contributed by atoms with E-state index < -0.39 is 4.92 Å². The first kappa shape index (κ1) is 15.9. The summed E-state index contributed by atoms with van der Waals surface area (Å²) in [6.07, 6.45) is 1.27. The minimum Gasteiger partial charge on any atom is -0.380 e. The molecule has 0 radical (unpaired) electrons. The molecule has 118 valence electrons. The van der Waals surface area contributed by atoms with Crippen LogP contribution in [-0.4, -0.2) is 40.6 Å². The summed E-state index contributed by atoms with van der Waals surface area (Å²) in [7, 11) is 0. The number of anilines is 1. The van der Waals surface area contributed by atoms with Gasteiger partial charge in [-0.05, 0) is 19.4 Å². The number of nitro groups is 1. The summed E-state index contributed by atoms with van der Waals surface area (Å²) >= 11 is 0. The highest BCUT2D eigenvalue weighted by Crippen LogP contribution is 2.25. The Hall–Kier alpha value is -2.44. The van der Waals surface area contributed by atoms with Gasteiger partial charge in [0.05, 0.1) is 4.92 Å². The lowest BCUT2D eigenvalue weighted by atomic mass is 10.1. The fourth-order valence-corrected chi connectivity index (χ4v) is 2.61. The number of likely N-dealkylation sites (tertiary alicyclic amines) is 1. The highest BCUT2D eigenvalue weighted by molar-refractivity contribution is 6.00. The number of non-ortho nitro benzene ring substituents is 1. The van der Waals surface area contributed by atoms with Crippen LogP contribution in [0.1, 0.15) is 37.0 Å². The first-order valence-electron chi connectivity index (χ1n) is 7.26. The number of hydrogen-bond donors (Lipinski definition) is 1. The second-order valence-electron chi connectivity index (χ2n) is 5.37. The van der Waals surface area contributed by atoms with Gasteiger partial charge in [0, 0.05) is 48.9 Å². The van der Waals surface area contributed by atoms with Crippen molar-refractivity contribution in [3.63, 3.8) is 0 Å². The number of hydrogen-bond acceptors (Lipinski definition) is 5. The molecule has 1 aliphatic heterocycles. The molecule has 1 aliphatic rings. The third-order valence-corrected chi connectivity index (χ3v) is 3.80. The number of rotatable bonds is 5. The summed E-state index contributed by atoms with van der Waals surface area (Å²) in [6, 6.07) is 4.27. The van der Waals surface area contributed by atoms with Crippen molar-refractivity contribution in [1.82, 2.24) is 4.90 Å². The Morgan fingerprint density at radius 2 is 2.18 bits per heavy atom. The van der Waals surface area contributed by atoms with Gasteiger partial charge in [-0.2, -0.15) is 0 Å². The largest absolute Gasteiger partial charge is 0.380 e. The molecule has 0 aromatic heterocycles. The third-order valence-electron chi connectivity index (χ3n) is 3.80. The quantitative estimate of drug-likeness (QED) is 0.511. The number of nitrogens with zero attached hydrogens (tertiary/aromatic N) is 2. The van der Waals surface area contributed by atoms with Gasteiger partial charge in [0.25, 0.3) is 5.69 Å². The van der Waals surface area contributed by atoms with E-state index in [1.807, 2.05) is 6.92 Å². The predicted octanol–water partition coefficient (Wildman–Crippen LogP) is 2.22. The maximum absolute atomic E-state index is 11.7. The number of carbonyl (C=O) groups is 2. The highest BCUT2D eigenvalue weighted by atomic mass is 16.6. The van der Waals surface area contributed by atoms with Gasteiger partial charge in [0.2, 0.25) is 5.91 Å². The fourth-order valence-electron chi connectivity index (χ4n) is 2.61. The van der Waals surface area contributed by atoms with Gasteiger partial charge in [0.1, 0.15) is 0 Å². The van der Waals surface area contributed by atoms with Crippen molar-refractivity contribution in [1.29, 1.82) is 0 Å². The zero-order valence-corrected chi connectivity index (χ0v) is 12.7. The van der Waals surface area contributed by atoms with Crippen LogP contribution in [0.5, 0.6) is 0 Å². The Balaban J connectivity index is 2.15. The van der Waals surface area contributed by atoms with E-state index in [4.69, 9.17) is 0 Å². The molecule has 0 saturated carbocycles. The Morgan fingerprint density at radius 1 is 1.45 bits per heavy atom. The van der Waals surface area contributed by atoms with Gasteiger partial charge >= 0.3 is 0 Å². The van der Waals surface area contributed by atoms with E-state index in [0.717, 1.165) is 6.42 Å². The molecule has 2 rings (SSSR count). The van der Waals surface area contributed by atoms with E-state index in [1.54, 1.807) is 11.0 Å². The normalized spacial score (nSPS) is 17.4. The summed E-state index contributed by atoms with van der Waals surface area (Å²) < 4.78 is 0. The van der Waals surface area contributed by atoms with Crippen molar-refractivity contribution in [2.75, 3.05) is 18.4 Å². The molecule has 0 aliphatic carbocycles. The molecule has 7 heteroatoms. The molecule has 1 aromatic carbocycles. The van der Waals surface area contributed by atoms with Crippen LogP contribution in [0.25, 0.3) is 0 Å². The summed E-state index contributed by atoms with van der Waals surface area (Å²) in [6.45, 7) is 4.48. The van der Waals surface area contributed by atoms with E-state index in [-0.39, 0.29) is 23.4 Å². The lowest BCUT2D eigenvalue weighted by Crippen LogP contribution is -2.31. The van der Waals surface area contributed by atoms with Crippen LogP contribution in [0.2, 0.25) is 0 Å². The van der Waals surface area contributed by atoms with Crippen LogP contribution >= 0.6 is 0 Å². The molecule has 1 N–H and O–H groups in total. The van der Waals surface area contributed by atoms with Crippen molar-refractivity contribution >= 4 is 23.1 Å². The molecule has 1 atom stereocenters. The first-order valence-corrected chi connectivity index (χ1v) is 7.26. The second-order valence-corrected chi connectivity index (χ2v) is 5.37. The predicted molar refractivity (Wildman–Crippen MR) is 82.0 cm³/mol. The van der Waals surface area contributed by atoms with Crippen LogP contribution in [0, 0.1) is 10.1 Å². The number of carbonyl (C=O) groups excluding carboxylic acids is 2. The number of amides is 1. The summed E-state index contributed by atoms with van der Waals surface area (Å²) in [5.41, 5.74) is 0.772. The van der Waals surface area contributed by atoms with Gasteiger partial charge < -0.3 is 10.2 Å². The molecule has 1 saturated heterocycles. The lowest BCUT2D eigenvalue weighted by Gasteiger charge is -2.18. The monoisotopic (exact) mass is 305 g/mol. The van der Waals surface area contributed by atoms with Crippen LogP contribution in [0.15, 0.2) is 18.2 Å². The van der Waals surface area contributed by atoms with Crippen molar-refractivity contribution in [2.45, 2.75) is 32.7 Å². The number of nitro benzene ring substituents is 1. The maximum Gasteiger partial charge on any atom is 0.270 e. The minimum absolute atomic E-state index is 0.0510. The molecule has 1 aromatic rings. The molecule has 7 nitrogen and oxygen atoms in total. The molecular weight excluding hydrogens is 286 g/mol. The Kier molecular flexibility index (Phi) is 4.75. The van der Waals surface area contributed by atoms with Crippen molar-refractivity contribution in [3.05, 3.63) is 33.9 Å². The highest BCUT2D eigenvalue weighted by Gasteiger charge is 2.26. The van der Waals surface area contributed by atoms with E-state index >= 15 is 0 Å². The molecule has 0 unspecified atom stereocenters. The Bertz CT molecular complexity index is 615. The van der Waals surface area contributed by atoms with E-state index in [2.05, 4.69) is 5.32 Å². The van der Waals surface area contributed by atoms with Crippen molar-refractivity contribution < 1.29 is 14.5 Å². The number of nitrogens with one attached hydrogen (secondary N) is 1. The number of benzene rings is 1. The molecular formula is C15H19N3O4. The Morgan fingerprint density at radius 3 is 2.77 bits per heavy atom. The van der Waals surface area contributed by atoms with Gasteiger partial charge in [-0.15, -0.1) is 0 Å². The van der Waals surface area contributed by atoms with Crippen LogP contribution in [0.3, 0.4) is 0 Å². The first-order chi connectivity index (χ1) is 10.4. The van der Waals surface area contributed by atoms with Gasteiger partial charge in [-0.1, -0.05) is 6.92 Å². The topological polar surface area (TPSA) is 92.6 Å². The average Bonchev–Trinajstić information content (AvgIpc) is 2.94. The van der Waals surface area contributed by atoms with E-state index in [9.17, 15) is 19.7 Å². The van der Waals surface area contributed by atoms with Gasteiger partial charge in [-0.25, -0.2) is 0 Å². The summed E-state index contributed by atoms with van der Waals surface area (Å²) in [5, 5.41) is 14.0. The number of Topliss-reactive ketones (excluding diaryl/α,β-unsaturated/α-hetero) is 1. The molecule has 1 fully saturated rings. The minimum atomic E-state index is -0.520. The number of ketones is 1. The van der Waals surface area contributed by atoms with Crippen molar-refractivity contribution in [2.24, 2.45) is 0 Å². The van der Waals surface area contributed by atoms with Crippen molar-refractivity contribution in [3.8, 4) is 0 Å². The Labute approximate surface area is 128 Å². The van der Waals surface area contributed by atoms with Crippen LogP contribution < -0.4 is 5.32 Å². The zero-order chi connectivity index (χ0) is 16.3. The van der Waals surface area contributed by atoms with E-state index in [0.29, 0.717) is 30.8 Å². The summed E-state index contributed by atoms with van der Waals surface area (Å²) in [4.78, 5) is 35.5. The third kappa shape index (κ3) is 3.41.